The van der Waals surface area contributed by atoms with Gasteiger partial charge >= 0.3 is 5.97 Å². The van der Waals surface area contributed by atoms with E-state index < -0.39 is 29.7 Å². The van der Waals surface area contributed by atoms with Gasteiger partial charge in [-0.25, -0.2) is 14.1 Å². The van der Waals surface area contributed by atoms with Gasteiger partial charge in [0.15, 0.2) is 22.7 Å². The van der Waals surface area contributed by atoms with E-state index in [-0.39, 0.29) is 27.9 Å². The number of aliphatic carboxylic acids is 1. The molecular formula is C21H17FN2O6S. The number of nitrogens with zero attached hydrogens (tertiary/aromatic N) is 1. The van der Waals surface area contributed by atoms with Gasteiger partial charge in [-0.05, 0) is 55.0 Å². The summed E-state index contributed by atoms with van der Waals surface area (Å²) in [7, 11) is 1.36. The van der Waals surface area contributed by atoms with E-state index in [0.717, 1.165) is 4.90 Å². The highest BCUT2D eigenvalue weighted by Gasteiger charge is 2.35. The minimum atomic E-state index is -1.15. The van der Waals surface area contributed by atoms with Crippen LogP contribution in [-0.2, 0) is 14.4 Å². The third kappa shape index (κ3) is 4.53. The van der Waals surface area contributed by atoms with Crippen LogP contribution in [0.1, 0.15) is 12.5 Å². The highest BCUT2D eigenvalue weighted by atomic mass is 32.1. The predicted octanol–water partition coefficient (Wildman–Crippen LogP) is 2.52. The fourth-order valence-electron chi connectivity index (χ4n) is 2.79. The zero-order valence-electron chi connectivity index (χ0n) is 16.4. The SMILES string of the molecule is COc1cc(/C=C2\C(=O)NC(=S)N(c3ccccc3F)C2=O)ccc1O[C@H](C)C(=O)O. The molecule has 1 saturated heterocycles. The van der Waals surface area contributed by atoms with Crippen molar-refractivity contribution in [3.05, 3.63) is 59.4 Å². The van der Waals surface area contributed by atoms with Gasteiger partial charge in [0.1, 0.15) is 11.4 Å². The van der Waals surface area contributed by atoms with Gasteiger partial charge in [0.05, 0.1) is 12.8 Å². The molecule has 2 aromatic carbocycles. The van der Waals surface area contributed by atoms with Crippen molar-refractivity contribution in [3.63, 3.8) is 0 Å². The number of anilines is 1. The Morgan fingerprint density at radius 1 is 1.23 bits per heavy atom. The summed E-state index contributed by atoms with van der Waals surface area (Å²) in [6, 6.07) is 9.98. The molecule has 2 amide bonds. The first-order valence-corrected chi connectivity index (χ1v) is 9.37. The quantitative estimate of drug-likeness (QED) is 0.401. The van der Waals surface area contributed by atoms with Crippen molar-refractivity contribution < 1.29 is 33.4 Å². The second-order valence-corrected chi connectivity index (χ2v) is 6.80. The summed E-state index contributed by atoms with van der Waals surface area (Å²) in [5.74, 6) is -2.98. The molecule has 8 nitrogen and oxygen atoms in total. The van der Waals surface area contributed by atoms with E-state index in [9.17, 15) is 18.8 Å². The van der Waals surface area contributed by atoms with Crippen LogP contribution >= 0.6 is 12.2 Å². The summed E-state index contributed by atoms with van der Waals surface area (Å²) in [6.07, 6.45) is 0.180. The molecule has 1 fully saturated rings. The maximum Gasteiger partial charge on any atom is 0.344 e. The first-order valence-electron chi connectivity index (χ1n) is 8.96. The van der Waals surface area contributed by atoms with Gasteiger partial charge in [0.2, 0.25) is 0 Å². The number of carbonyl (C=O) groups is 3. The van der Waals surface area contributed by atoms with E-state index >= 15 is 0 Å². The summed E-state index contributed by atoms with van der Waals surface area (Å²) < 4.78 is 24.8. The Kier molecular flexibility index (Phi) is 6.30. The monoisotopic (exact) mass is 444 g/mol. The maximum absolute atomic E-state index is 14.2. The summed E-state index contributed by atoms with van der Waals surface area (Å²) in [5, 5.41) is 11.1. The lowest BCUT2D eigenvalue weighted by Gasteiger charge is -2.29. The van der Waals surface area contributed by atoms with Crippen LogP contribution in [0.15, 0.2) is 48.0 Å². The first kappa shape index (κ1) is 21.9. The third-order valence-corrected chi connectivity index (χ3v) is 4.63. The van der Waals surface area contributed by atoms with E-state index in [0.29, 0.717) is 5.56 Å². The van der Waals surface area contributed by atoms with Gasteiger partial charge in [-0.3, -0.25) is 14.9 Å². The number of ether oxygens (including phenoxy) is 2. The van der Waals surface area contributed by atoms with Crippen LogP contribution in [0, 0.1) is 5.82 Å². The van der Waals surface area contributed by atoms with Crippen molar-refractivity contribution in [3.8, 4) is 11.5 Å². The minimum Gasteiger partial charge on any atom is -0.493 e. The topological polar surface area (TPSA) is 105 Å². The molecule has 0 aromatic heterocycles. The number of carboxylic acid groups (broad SMARTS) is 1. The largest absolute Gasteiger partial charge is 0.493 e. The second-order valence-electron chi connectivity index (χ2n) is 6.42. The molecule has 0 bridgehead atoms. The van der Waals surface area contributed by atoms with Crippen LogP contribution in [0.4, 0.5) is 10.1 Å². The number of methoxy groups -OCH3 is 1. The maximum atomic E-state index is 14.2. The number of rotatable bonds is 6. The lowest BCUT2D eigenvalue weighted by Crippen LogP contribution is -2.54. The predicted molar refractivity (Wildman–Crippen MR) is 113 cm³/mol. The molecule has 160 valence electrons. The van der Waals surface area contributed by atoms with Gasteiger partial charge < -0.3 is 14.6 Å². The lowest BCUT2D eigenvalue weighted by atomic mass is 10.1. The molecule has 2 N–H and O–H groups in total. The van der Waals surface area contributed by atoms with E-state index in [1.165, 1.54) is 62.6 Å². The number of carboxylic acids is 1. The van der Waals surface area contributed by atoms with Gasteiger partial charge in [-0.1, -0.05) is 18.2 Å². The molecular weight excluding hydrogens is 427 g/mol. The van der Waals surface area contributed by atoms with E-state index in [2.05, 4.69) is 5.32 Å². The number of thiocarbonyl (C=S) groups is 1. The summed E-state index contributed by atoms with van der Waals surface area (Å²) in [6.45, 7) is 1.36. The molecule has 2 aromatic rings. The molecule has 1 heterocycles. The molecule has 0 aliphatic carbocycles. The van der Waals surface area contributed by atoms with Crippen molar-refractivity contribution in [2.75, 3.05) is 12.0 Å². The van der Waals surface area contributed by atoms with Crippen molar-refractivity contribution in [1.29, 1.82) is 0 Å². The van der Waals surface area contributed by atoms with E-state index in [1.54, 1.807) is 0 Å². The Hall–Kier alpha value is -3.79. The minimum absolute atomic E-state index is 0.0904. The number of halogens is 1. The van der Waals surface area contributed by atoms with Crippen LogP contribution in [-0.4, -0.2) is 41.2 Å². The first-order chi connectivity index (χ1) is 14.7. The molecule has 1 atom stereocenters. The van der Waals surface area contributed by atoms with Crippen molar-refractivity contribution in [2.24, 2.45) is 0 Å². The fraction of sp³-hybridized carbons (Fsp3) is 0.143. The number of benzene rings is 2. The van der Waals surface area contributed by atoms with Crippen LogP contribution in [0.25, 0.3) is 6.08 Å². The van der Waals surface area contributed by atoms with Gasteiger partial charge in [0.25, 0.3) is 11.8 Å². The van der Waals surface area contributed by atoms with Crippen LogP contribution in [0.5, 0.6) is 11.5 Å². The molecule has 1 aliphatic rings. The fourth-order valence-corrected chi connectivity index (χ4v) is 3.06. The summed E-state index contributed by atoms with van der Waals surface area (Å²) >= 11 is 5.05. The van der Waals surface area contributed by atoms with Crippen LogP contribution in [0.2, 0.25) is 0 Å². The average molecular weight is 444 g/mol. The lowest BCUT2D eigenvalue weighted by molar-refractivity contribution is -0.144. The van der Waals surface area contributed by atoms with Crippen molar-refractivity contribution in [1.82, 2.24) is 5.32 Å². The van der Waals surface area contributed by atoms with Gasteiger partial charge in [0, 0.05) is 0 Å². The third-order valence-electron chi connectivity index (χ3n) is 4.35. The summed E-state index contributed by atoms with van der Waals surface area (Å²) in [4.78, 5) is 37.3. The molecule has 0 unspecified atom stereocenters. The van der Waals surface area contributed by atoms with Crippen molar-refractivity contribution >= 4 is 46.9 Å². The van der Waals surface area contributed by atoms with E-state index in [1.807, 2.05) is 0 Å². The second kappa shape index (κ2) is 8.92. The molecule has 3 rings (SSSR count). The van der Waals surface area contributed by atoms with E-state index in [4.69, 9.17) is 26.8 Å². The van der Waals surface area contributed by atoms with Gasteiger partial charge in [-0.15, -0.1) is 0 Å². The zero-order chi connectivity index (χ0) is 22.7. The summed E-state index contributed by atoms with van der Waals surface area (Å²) in [5.41, 5.74) is 0.0332. The Morgan fingerprint density at radius 2 is 1.94 bits per heavy atom. The number of nitrogens with one attached hydrogen (secondary N) is 1. The number of amides is 2. The molecule has 0 radical (unpaired) electrons. The Bertz CT molecular complexity index is 1120. The Balaban J connectivity index is 1.97. The average Bonchev–Trinajstić information content (AvgIpc) is 2.73. The van der Waals surface area contributed by atoms with Crippen LogP contribution < -0.4 is 19.7 Å². The number of carbonyl (C=O) groups excluding carboxylic acids is 2. The molecule has 31 heavy (non-hydrogen) atoms. The smallest absolute Gasteiger partial charge is 0.344 e. The zero-order valence-corrected chi connectivity index (χ0v) is 17.2. The normalized spacial score (nSPS) is 16.2. The molecule has 10 heteroatoms. The molecule has 0 saturated carbocycles. The highest BCUT2D eigenvalue weighted by Crippen LogP contribution is 2.31. The standard InChI is InChI=1S/C21H17FN2O6S/c1-11(20(27)28)30-16-8-7-12(10-17(16)29-2)9-13-18(25)23-21(31)24(19(13)26)15-6-4-3-5-14(15)22/h3-11H,1-2H3,(H,27,28)(H,23,25,31)/b13-9+/t11-/m1/s1. The Morgan fingerprint density at radius 3 is 2.58 bits per heavy atom. The van der Waals surface area contributed by atoms with Crippen molar-refractivity contribution in [2.45, 2.75) is 13.0 Å². The van der Waals surface area contributed by atoms with Crippen LogP contribution in [0.3, 0.4) is 0 Å². The number of hydrogen-bond donors (Lipinski definition) is 2. The number of hydrogen-bond acceptors (Lipinski definition) is 6. The molecule has 1 aliphatic heterocycles. The molecule has 0 spiro atoms. The van der Waals surface area contributed by atoms with Gasteiger partial charge in [-0.2, -0.15) is 0 Å². The number of para-hydroxylation sites is 1. The Labute approximate surface area is 181 Å². The highest BCUT2D eigenvalue weighted by molar-refractivity contribution is 7.80.